The first-order chi connectivity index (χ1) is 11.5. The number of benzene rings is 2. The van der Waals surface area contributed by atoms with Crippen molar-refractivity contribution in [2.75, 3.05) is 5.32 Å². The molecule has 1 N–H and O–H groups in total. The maximum Gasteiger partial charge on any atom is 0.270 e. The van der Waals surface area contributed by atoms with E-state index in [1.165, 1.54) is 12.1 Å². The zero-order valence-corrected chi connectivity index (χ0v) is 13.5. The van der Waals surface area contributed by atoms with E-state index in [4.69, 9.17) is 23.2 Å². The summed E-state index contributed by atoms with van der Waals surface area (Å²) in [5.41, 5.74) is 0.934. The number of hydrogen-bond acceptors (Lipinski definition) is 4. The normalized spacial score (nSPS) is 10.6. The van der Waals surface area contributed by atoms with Crippen LogP contribution in [0.1, 0.15) is 10.4 Å². The van der Waals surface area contributed by atoms with Gasteiger partial charge in [-0.1, -0.05) is 29.3 Å². The molecule has 1 aromatic heterocycles. The monoisotopic (exact) mass is 361 g/mol. The second kappa shape index (κ2) is 6.43. The van der Waals surface area contributed by atoms with Crippen molar-refractivity contribution in [2.24, 2.45) is 0 Å². The van der Waals surface area contributed by atoms with Gasteiger partial charge in [-0.25, -0.2) is 0 Å². The third kappa shape index (κ3) is 3.15. The summed E-state index contributed by atoms with van der Waals surface area (Å²) < 4.78 is 0. The minimum atomic E-state index is -0.581. The molecule has 0 aliphatic rings. The lowest BCUT2D eigenvalue weighted by atomic mass is 10.1. The van der Waals surface area contributed by atoms with Crippen LogP contribution in [0.4, 0.5) is 11.4 Å². The molecule has 2 aromatic carbocycles. The number of hydrogen-bond donors (Lipinski definition) is 1. The second-order valence-electron chi connectivity index (χ2n) is 4.90. The van der Waals surface area contributed by atoms with Crippen LogP contribution in [0.15, 0.2) is 48.7 Å². The van der Waals surface area contributed by atoms with E-state index in [-0.39, 0.29) is 16.3 Å². The van der Waals surface area contributed by atoms with Gasteiger partial charge in [-0.2, -0.15) is 0 Å². The summed E-state index contributed by atoms with van der Waals surface area (Å²) in [5, 5.41) is 14.6. The van der Waals surface area contributed by atoms with Gasteiger partial charge in [0.2, 0.25) is 0 Å². The molecule has 0 radical (unpaired) electrons. The molecule has 3 aromatic rings. The van der Waals surface area contributed by atoms with Crippen LogP contribution >= 0.6 is 23.2 Å². The van der Waals surface area contributed by atoms with E-state index < -0.39 is 10.8 Å². The molecular weight excluding hydrogens is 353 g/mol. The largest absolute Gasteiger partial charge is 0.320 e. The van der Waals surface area contributed by atoms with Crippen molar-refractivity contribution in [3.63, 3.8) is 0 Å². The van der Waals surface area contributed by atoms with Crippen molar-refractivity contribution in [2.45, 2.75) is 0 Å². The number of aromatic nitrogens is 1. The Labute approximate surface area is 146 Å². The average Bonchev–Trinajstić information content (AvgIpc) is 2.54. The molecule has 0 spiro atoms. The first kappa shape index (κ1) is 16.2. The molecular formula is C16H9Cl2N3O3. The van der Waals surface area contributed by atoms with Crippen LogP contribution in [0.5, 0.6) is 0 Å². The van der Waals surface area contributed by atoms with Crippen LogP contribution in [-0.4, -0.2) is 15.8 Å². The Balaban J connectivity index is 1.97. The van der Waals surface area contributed by atoms with E-state index in [0.717, 1.165) is 11.5 Å². The topological polar surface area (TPSA) is 85.1 Å². The number of nitrogens with zero attached hydrogens (tertiary/aromatic N) is 2. The van der Waals surface area contributed by atoms with Gasteiger partial charge < -0.3 is 5.32 Å². The number of fused-ring (bicyclic) bond motifs is 1. The SMILES string of the molecule is O=C(Nc1cc(Cl)cc2cccnc12)c1ccc([N+](=O)[O-])cc1Cl. The maximum atomic E-state index is 12.4. The van der Waals surface area contributed by atoms with Crippen LogP contribution in [0.25, 0.3) is 10.9 Å². The van der Waals surface area contributed by atoms with Crippen molar-refractivity contribution in [1.29, 1.82) is 0 Å². The Kier molecular flexibility index (Phi) is 4.33. The Morgan fingerprint density at radius 1 is 1.17 bits per heavy atom. The van der Waals surface area contributed by atoms with Gasteiger partial charge in [-0.3, -0.25) is 19.9 Å². The van der Waals surface area contributed by atoms with Crippen molar-refractivity contribution < 1.29 is 9.72 Å². The number of nitro benzene ring substituents is 1. The number of non-ortho nitro benzene ring substituents is 1. The van der Waals surface area contributed by atoms with E-state index in [2.05, 4.69) is 10.3 Å². The minimum Gasteiger partial charge on any atom is -0.320 e. The van der Waals surface area contributed by atoms with Crippen molar-refractivity contribution >= 4 is 51.4 Å². The van der Waals surface area contributed by atoms with E-state index in [1.807, 2.05) is 6.07 Å². The molecule has 1 heterocycles. The summed E-state index contributed by atoms with van der Waals surface area (Å²) >= 11 is 12.0. The molecule has 3 rings (SSSR count). The number of amides is 1. The summed E-state index contributed by atoms with van der Waals surface area (Å²) in [6.45, 7) is 0. The van der Waals surface area contributed by atoms with E-state index in [1.54, 1.807) is 24.4 Å². The molecule has 0 fully saturated rings. The second-order valence-corrected chi connectivity index (χ2v) is 5.75. The zero-order valence-electron chi connectivity index (χ0n) is 12.0. The Morgan fingerprint density at radius 2 is 1.96 bits per heavy atom. The fraction of sp³-hybridized carbons (Fsp3) is 0. The predicted molar refractivity (Wildman–Crippen MR) is 92.8 cm³/mol. The van der Waals surface area contributed by atoms with Crippen LogP contribution in [0.3, 0.4) is 0 Å². The lowest BCUT2D eigenvalue weighted by Gasteiger charge is -2.10. The number of pyridine rings is 1. The molecule has 0 atom stereocenters. The van der Waals surface area contributed by atoms with Crippen molar-refractivity contribution in [1.82, 2.24) is 4.98 Å². The Morgan fingerprint density at radius 3 is 2.67 bits per heavy atom. The van der Waals surface area contributed by atoms with Gasteiger partial charge in [0, 0.05) is 28.7 Å². The van der Waals surface area contributed by atoms with Gasteiger partial charge in [0.25, 0.3) is 11.6 Å². The molecule has 0 saturated carbocycles. The fourth-order valence-corrected chi connectivity index (χ4v) is 2.73. The predicted octanol–water partition coefficient (Wildman–Crippen LogP) is 4.70. The lowest BCUT2D eigenvalue weighted by Crippen LogP contribution is -2.13. The van der Waals surface area contributed by atoms with Crippen molar-refractivity contribution in [3.8, 4) is 0 Å². The van der Waals surface area contributed by atoms with Crippen molar-refractivity contribution in [3.05, 3.63) is 74.4 Å². The van der Waals surface area contributed by atoms with Gasteiger partial charge in [0.05, 0.1) is 26.7 Å². The number of halogens is 2. The molecule has 24 heavy (non-hydrogen) atoms. The standard InChI is InChI=1S/C16H9Cl2N3O3/c17-10-6-9-2-1-5-19-15(9)14(7-10)20-16(22)12-4-3-11(21(23)24)8-13(12)18/h1-8H,(H,20,22). The third-order valence-corrected chi connectivity index (χ3v) is 3.86. The summed E-state index contributed by atoms with van der Waals surface area (Å²) in [5.74, 6) is -0.510. The van der Waals surface area contributed by atoms with Crippen LogP contribution in [-0.2, 0) is 0 Å². The van der Waals surface area contributed by atoms with Crippen LogP contribution in [0.2, 0.25) is 10.0 Å². The molecule has 0 saturated heterocycles. The summed E-state index contributed by atoms with van der Waals surface area (Å²) in [7, 11) is 0. The average molecular weight is 362 g/mol. The zero-order chi connectivity index (χ0) is 17.3. The minimum absolute atomic E-state index is 0.0130. The molecule has 0 bridgehead atoms. The van der Waals surface area contributed by atoms with E-state index in [9.17, 15) is 14.9 Å². The van der Waals surface area contributed by atoms with Gasteiger partial charge in [0.1, 0.15) is 0 Å². The quantitative estimate of drug-likeness (QED) is 0.540. The van der Waals surface area contributed by atoms with Gasteiger partial charge in [-0.15, -0.1) is 0 Å². The van der Waals surface area contributed by atoms with E-state index in [0.29, 0.717) is 16.2 Å². The first-order valence-corrected chi connectivity index (χ1v) is 7.51. The highest BCUT2D eigenvalue weighted by atomic mass is 35.5. The number of nitrogens with one attached hydrogen (secondary N) is 1. The highest BCUT2D eigenvalue weighted by Gasteiger charge is 2.16. The lowest BCUT2D eigenvalue weighted by molar-refractivity contribution is -0.384. The van der Waals surface area contributed by atoms with Crippen LogP contribution < -0.4 is 5.32 Å². The number of nitro groups is 1. The van der Waals surface area contributed by atoms with Gasteiger partial charge >= 0.3 is 0 Å². The molecule has 8 heteroatoms. The highest BCUT2D eigenvalue weighted by Crippen LogP contribution is 2.28. The summed E-state index contributed by atoms with van der Waals surface area (Å²) in [4.78, 5) is 26.8. The summed E-state index contributed by atoms with van der Waals surface area (Å²) in [6, 6.07) is 10.5. The van der Waals surface area contributed by atoms with Crippen LogP contribution in [0, 0.1) is 10.1 Å². The fourth-order valence-electron chi connectivity index (χ4n) is 2.24. The number of rotatable bonds is 3. The highest BCUT2D eigenvalue weighted by molar-refractivity contribution is 6.35. The molecule has 120 valence electrons. The molecule has 0 aliphatic carbocycles. The van der Waals surface area contributed by atoms with Gasteiger partial charge in [-0.05, 0) is 24.3 Å². The molecule has 0 aliphatic heterocycles. The Bertz CT molecular complexity index is 976. The number of carbonyl (C=O) groups excluding carboxylic acids is 1. The third-order valence-electron chi connectivity index (χ3n) is 3.33. The molecule has 1 amide bonds. The number of carbonyl (C=O) groups is 1. The maximum absolute atomic E-state index is 12.4. The Hall–Kier alpha value is -2.70. The smallest absolute Gasteiger partial charge is 0.270 e. The first-order valence-electron chi connectivity index (χ1n) is 6.75. The number of anilines is 1. The van der Waals surface area contributed by atoms with E-state index >= 15 is 0 Å². The van der Waals surface area contributed by atoms with Gasteiger partial charge in [0.15, 0.2) is 0 Å². The molecule has 0 unspecified atom stereocenters. The molecule has 6 nitrogen and oxygen atoms in total. The summed E-state index contributed by atoms with van der Waals surface area (Å²) in [6.07, 6.45) is 1.60.